The van der Waals surface area contributed by atoms with E-state index in [0.29, 0.717) is 18.7 Å². The SMILES string of the molecule is CCCN(CCC)C(=O)CCN1C(=O)COc2ccccc21. The van der Waals surface area contributed by atoms with E-state index in [2.05, 4.69) is 13.8 Å². The maximum atomic E-state index is 12.3. The van der Waals surface area contributed by atoms with E-state index in [1.807, 2.05) is 29.2 Å². The zero-order valence-electron chi connectivity index (χ0n) is 13.4. The Morgan fingerprint density at radius 2 is 1.91 bits per heavy atom. The van der Waals surface area contributed by atoms with Crippen LogP contribution in [-0.4, -0.2) is 43.0 Å². The minimum Gasteiger partial charge on any atom is -0.482 e. The van der Waals surface area contributed by atoms with Crippen molar-refractivity contribution in [1.29, 1.82) is 0 Å². The normalized spacial score (nSPS) is 13.5. The molecule has 5 nitrogen and oxygen atoms in total. The van der Waals surface area contributed by atoms with E-state index >= 15 is 0 Å². The number of para-hydroxylation sites is 2. The van der Waals surface area contributed by atoms with Gasteiger partial charge in [-0.15, -0.1) is 0 Å². The summed E-state index contributed by atoms with van der Waals surface area (Å²) in [6, 6.07) is 7.45. The number of rotatable bonds is 7. The molecule has 0 aromatic heterocycles. The summed E-state index contributed by atoms with van der Waals surface area (Å²) < 4.78 is 5.41. The molecule has 1 aliphatic rings. The largest absolute Gasteiger partial charge is 0.482 e. The average molecular weight is 304 g/mol. The first-order chi connectivity index (χ1) is 10.7. The molecule has 1 heterocycles. The highest BCUT2D eigenvalue weighted by atomic mass is 16.5. The summed E-state index contributed by atoms with van der Waals surface area (Å²) in [5.74, 6) is 0.720. The third-order valence-corrected chi connectivity index (χ3v) is 3.70. The van der Waals surface area contributed by atoms with E-state index < -0.39 is 0 Å². The average Bonchev–Trinajstić information content (AvgIpc) is 2.53. The van der Waals surface area contributed by atoms with Gasteiger partial charge in [0.2, 0.25) is 5.91 Å². The van der Waals surface area contributed by atoms with Crippen LogP contribution < -0.4 is 9.64 Å². The molecule has 0 saturated carbocycles. The summed E-state index contributed by atoms with van der Waals surface area (Å²) >= 11 is 0. The van der Waals surface area contributed by atoms with E-state index in [-0.39, 0.29) is 18.4 Å². The van der Waals surface area contributed by atoms with E-state index in [9.17, 15) is 9.59 Å². The van der Waals surface area contributed by atoms with Gasteiger partial charge in [-0.2, -0.15) is 0 Å². The van der Waals surface area contributed by atoms with Crippen molar-refractivity contribution in [2.45, 2.75) is 33.1 Å². The highest BCUT2D eigenvalue weighted by molar-refractivity contribution is 5.98. The number of hydrogen-bond acceptors (Lipinski definition) is 3. The number of fused-ring (bicyclic) bond motifs is 1. The van der Waals surface area contributed by atoms with Crippen LogP contribution in [0.4, 0.5) is 5.69 Å². The molecule has 0 radical (unpaired) electrons. The summed E-state index contributed by atoms with van der Waals surface area (Å²) in [5.41, 5.74) is 0.754. The monoisotopic (exact) mass is 304 g/mol. The number of carbonyl (C=O) groups excluding carboxylic acids is 2. The maximum Gasteiger partial charge on any atom is 0.265 e. The lowest BCUT2D eigenvalue weighted by atomic mass is 10.2. The zero-order chi connectivity index (χ0) is 15.9. The van der Waals surface area contributed by atoms with Crippen molar-refractivity contribution in [3.05, 3.63) is 24.3 Å². The first-order valence-corrected chi connectivity index (χ1v) is 7.97. The van der Waals surface area contributed by atoms with Gasteiger partial charge >= 0.3 is 0 Å². The van der Waals surface area contributed by atoms with E-state index in [1.54, 1.807) is 4.90 Å². The second-order valence-corrected chi connectivity index (χ2v) is 5.43. The molecule has 0 N–H and O–H groups in total. The summed E-state index contributed by atoms with van der Waals surface area (Å²) in [7, 11) is 0. The molecule has 0 bridgehead atoms. The van der Waals surface area contributed by atoms with Gasteiger partial charge in [0, 0.05) is 26.1 Å². The Bertz CT molecular complexity index is 524. The lowest BCUT2D eigenvalue weighted by Gasteiger charge is -2.30. The molecule has 0 atom stereocenters. The van der Waals surface area contributed by atoms with Crippen molar-refractivity contribution in [3.63, 3.8) is 0 Å². The topological polar surface area (TPSA) is 49.9 Å². The van der Waals surface area contributed by atoms with Crippen LogP contribution in [-0.2, 0) is 9.59 Å². The molecule has 5 heteroatoms. The molecule has 22 heavy (non-hydrogen) atoms. The number of hydrogen-bond donors (Lipinski definition) is 0. The molecule has 1 aliphatic heterocycles. The van der Waals surface area contributed by atoms with Gasteiger partial charge < -0.3 is 14.5 Å². The Labute approximate surface area is 131 Å². The number of ether oxygens (including phenoxy) is 1. The highest BCUT2D eigenvalue weighted by Crippen LogP contribution is 2.31. The van der Waals surface area contributed by atoms with E-state index in [4.69, 9.17) is 4.74 Å². The Balaban J connectivity index is 2.01. The molecule has 2 amide bonds. The molecule has 120 valence electrons. The molecule has 0 unspecified atom stereocenters. The van der Waals surface area contributed by atoms with E-state index in [0.717, 1.165) is 31.6 Å². The second kappa shape index (κ2) is 7.82. The van der Waals surface area contributed by atoms with Crippen LogP contribution in [0.1, 0.15) is 33.1 Å². The van der Waals surface area contributed by atoms with Crippen molar-refractivity contribution in [1.82, 2.24) is 4.90 Å². The molecule has 1 aromatic carbocycles. The first kappa shape index (κ1) is 16.3. The second-order valence-electron chi connectivity index (χ2n) is 5.43. The zero-order valence-corrected chi connectivity index (χ0v) is 13.4. The van der Waals surface area contributed by atoms with Gasteiger partial charge in [0.05, 0.1) is 5.69 Å². The predicted molar refractivity (Wildman–Crippen MR) is 86.1 cm³/mol. The van der Waals surface area contributed by atoms with Gasteiger partial charge in [-0.1, -0.05) is 26.0 Å². The van der Waals surface area contributed by atoms with Gasteiger partial charge in [0.15, 0.2) is 6.61 Å². The molecular formula is C17H24N2O3. The maximum absolute atomic E-state index is 12.3. The van der Waals surface area contributed by atoms with Crippen LogP contribution in [0.5, 0.6) is 5.75 Å². The predicted octanol–water partition coefficient (Wildman–Crippen LogP) is 2.45. The lowest BCUT2D eigenvalue weighted by Crippen LogP contribution is -2.42. The molecule has 0 saturated heterocycles. The summed E-state index contributed by atoms with van der Waals surface area (Å²) in [6.07, 6.45) is 2.25. The fourth-order valence-corrected chi connectivity index (χ4v) is 2.67. The third kappa shape index (κ3) is 3.78. The Morgan fingerprint density at radius 3 is 2.59 bits per heavy atom. The third-order valence-electron chi connectivity index (χ3n) is 3.70. The molecule has 0 spiro atoms. The van der Waals surface area contributed by atoms with Crippen LogP contribution in [0.2, 0.25) is 0 Å². The van der Waals surface area contributed by atoms with Crippen LogP contribution in [0.25, 0.3) is 0 Å². The van der Waals surface area contributed by atoms with Gasteiger partial charge in [-0.3, -0.25) is 9.59 Å². The smallest absolute Gasteiger partial charge is 0.265 e. The molecule has 1 aromatic rings. The molecule has 0 fully saturated rings. The standard InChI is InChI=1S/C17H24N2O3/c1-3-10-18(11-4-2)16(20)9-12-19-14-7-5-6-8-15(14)22-13-17(19)21/h5-8H,3-4,9-13H2,1-2H3. The Hall–Kier alpha value is -2.04. The molecule has 2 rings (SSSR count). The minimum atomic E-state index is -0.0935. The Morgan fingerprint density at radius 1 is 1.23 bits per heavy atom. The van der Waals surface area contributed by atoms with Crippen LogP contribution in [0, 0.1) is 0 Å². The Kier molecular flexibility index (Phi) is 5.81. The summed E-state index contributed by atoms with van der Waals surface area (Å²) in [4.78, 5) is 28.0. The summed E-state index contributed by atoms with van der Waals surface area (Å²) in [5, 5.41) is 0. The van der Waals surface area contributed by atoms with E-state index in [1.165, 1.54) is 0 Å². The molecular weight excluding hydrogens is 280 g/mol. The number of nitrogens with zero attached hydrogens (tertiary/aromatic N) is 2. The van der Waals surface area contributed by atoms with Crippen LogP contribution in [0.15, 0.2) is 24.3 Å². The number of benzene rings is 1. The van der Waals surface area contributed by atoms with Crippen molar-refractivity contribution in [2.75, 3.05) is 31.1 Å². The van der Waals surface area contributed by atoms with Gasteiger partial charge in [-0.25, -0.2) is 0 Å². The van der Waals surface area contributed by atoms with Crippen LogP contribution in [0.3, 0.4) is 0 Å². The number of anilines is 1. The lowest BCUT2D eigenvalue weighted by molar-refractivity contribution is -0.131. The first-order valence-electron chi connectivity index (χ1n) is 7.97. The van der Waals surface area contributed by atoms with Crippen molar-refractivity contribution >= 4 is 17.5 Å². The van der Waals surface area contributed by atoms with Crippen LogP contribution >= 0.6 is 0 Å². The molecule has 0 aliphatic carbocycles. The minimum absolute atomic E-state index is 0.0405. The fourth-order valence-electron chi connectivity index (χ4n) is 2.67. The quantitative estimate of drug-likeness (QED) is 0.777. The number of amides is 2. The van der Waals surface area contributed by atoms with Gasteiger partial charge in [0.25, 0.3) is 5.91 Å². The van der Waals surface area contributed by atoms with Gasteiger partial charge in [-0.05, 0) is 25.0 Å². The van der Waals surface area contributed by atoms with Crippen molar-refractivity contribution in [2.24, 2.45) is 0 Å². The highest BCUT2D eigenvalue weighted by Gasteiger charge is 2.26. The summed E-state index contributed by atoms with van der Waals surface area (Å²) in [6.45, 7) is 6.14. The fraction of sp³-hybridized carbons (Fsp3) is 0.529. The van der Waals surface area contributed by atoms with Crippen molar-refractivity contribution < 1.29 is 14.3 Å². The van der Waals surface area contributed by atoms with Crippen molar-refractivity contribution in [3.8, 4) is 5.75 Å². The number of carbonyl (C=O) groups is 2. The van der Waals surface area contributed by atoms with Gasteiger partial charge in [0.1, 0.15) is 5.75 Å².